The lowest BCUT2D eigenvalue weighted by Crippen LogP contribution is -2.31. The van der Waals surface area contributed by atoms with E-state index in [0.717, 1.165) is 16.3 Å². The zero-order valence-electron chi connectivity index (χ0n) is 10.1. The second-order valence-electron chi connectivity index (χ2n) is 4.17. The Labute approximate surface area is 104 Å². The van der Waals surface area contributed by atoms with Gasteiger partial charge < -0.3 is 10.5 Å². The fourth-order valence-corrected chi connectivity index (χ4v) is 2.04. The Bertz CT molecular complexity index is 542. The van der Waals surface area contributed by atoms with Crippen molar-refractivity contribution in [2.45, 2.75) is 18.9 Å². The molecule has 1 unspecified atom stereocenters. The summed E-state index contributed by atoms with van der Waals surface area (Å²) < 4.78 is 30.4. The molecule has 2 aromatic rings. The smallest absolute Gasteiger partial charge is 0.253 e. The SMILES string of the molecule is COc1ccc2ccccc2c1CC(N)C(F)F. The topological polar surface area (TPSA) is 35.2 Å². The summed E-state index contributed by atoms with van der Waals surface area (Å²) in [7, 11) is 1.53. The van der Waals surface area contributed by atoms with Crippen molar-refractivity contribution in [1.82, 2.24) is 0 Å². The number of methoxy groups -OCH3 is 1. The summed E-state index contributed by atoms with van der Waals surface area (Å²) in [6.45, 7) is 0. The third-order valence-electron chi connectivity index (χ3n) is 2.98. The summed E-state index contributed by atoms with van der Waals surface area (Å²) >= 11 is 0. The minimum atomic E-state index is -2.53. The maximum Gasteiger partial charge on any atom is 0.253 e. The summed E-state index contributed by atoms with van der Waals surface area (Å²) in [5.41, 5.74) is 6.20. The first kappa shape index (κ1) is 12.8. The first-order chi connectivity index (χ1) is 8.63. The highest BCUT2D eigenvalue weighted by molar-refractivity contribution is 5.87. The minimum absolute atomic E-state index is 0.0994. The molecule has 0 saturated heterocycles. The third kappa shape index (κ3) is 2.43. The van der Waals surface area contributed by atoms with Crippen molar-refractivity contribution >= 4 is 10.8 Å². The van der Waals surface area contributed by atoms with Crippen LogP contribution in [0.5, 0.6) is 5.75 Å². The molecule has 1 atom stereocenters. The molecule has 0 aromatic heterocycles. The number of benzene rings is 2. The van der Waals surface area contributed by atoms with Crippen molar-refractivity contribution in [1.29, 1.82) is 0 Å². The average Bonchev–Trinajstić information content (AvgIpc) is 2.39. The molecule has 0 amide bonds. The molecule has 0 saturated carbocycles. The van der Waals surface area contributed by atoms with Crippen LogP contribution in [-0.4, -0.2) is 19.6 Å². The summed E-state index contributed by atoms with van der Waals surface area (Å²) in [4.78, 5) is 0. The summed E-state index contributed by atoms with van der Waals surface area (Å²) in [6.07, 6.45) is -2.43. The highest BCUT2D eigenvalue weighted by Gasteiger charge is 2.19. The summed E-state index contributed by atoms with van der Waals surface area (Å²) in [5.74, 6) is 0.602. The van der Waals surface area contributed by atoms with Crippen LogP contribution in [0.4, 0.5) is 8.78 Å². The molecule has 96 valence electrons. The molecular formula is C14H15F2NO. The third-order valence-corrected chi connectivity index (χ3v) is 2.98. The Kier molecular flexibility index (Phi) is 3.77. The highest BCUT2D eigenvalue weighted by atomic mass is 19.3. The zero-order chi connectivity index (χ0) is 13.1. The maximum atomic E-state index is 12.6. The molecule has 2 nitrogen and oxygen atoms in total. The van der Waals surface area contributed by atoms with Gasteiger partial charge >= 0.3 is 0 Å². The van der Waals surface area contributed by atoms with E-state index in [1.54, 1.807) is 6.07 Å². The maximum absolute atomic E-state index is 12.6. The first-order valence-electron chi connectivity index (χ1n) is 5.72. The van der Waals surface area contributed by atoms with Crippen molar-refractivity contribution in [2.24, 2.45) is 5.73 Å². The van der Waals surface area contributed by atoms with Gasteiger partial charge in [0, 0.05) is 5.56 Å². The molecule has 2 N–H and O–H groups in total. The quantitative estimate of drug-likeness (QED) is 0.906. The van der Waals surface area contributed by atoms with Crippen LogP contribution >= 0.6 is 0 Å². The molecule has 4 heteroatoms. The number of hydrogen-bond donors (Lipinski definition) is 1. The van der Waals surface area contributed by atoms with E-state index in [2.05, 4.69) is 0 Å². The molecule has 0 aliphatic heterocycles. The van der Waals surface area contributed by atoms with Crippen LogP contribution in [-0.2, 0) is 6.42 Å². The van der Waals surface area contributed by atoms with Gasteiger partial charge in [-0.25, -0.2) is 8.78 Å². The number of rotatable bonds is 4. The van der Waals surface area contributed by atoms with E-state index in [4.69, 9.17) is 10.5 Å². The van der Waals surface area contributed by atoms with Crippen LogP contribution in [0.25, 0.3) is 10.8 Å². The van der Waals surface area contributed by atoms with Gasteiger partial charge in [0.15, 0.2) is 0 Å². The van der Waals surface area contributed by atoms with Gasteiger partial charge in [-0.3, -0.25) is 0 Å². The monoisotopic (exact) mass is 251 g/mol. The van der Waals surface area contributed by atoms with Crippen molar-refractivity contribution in [3.63, 3.8) is 0 Å². The fraction of sp³-hybridized carbons (Fsp3) is 0.286. The van der Waals surface area contributed by atoms with Crippen LogP contribution in [0.3, 0.4) is 0 Å². The number of alkyl halides is 2. The minimum Gasteiger partial charge on any atom is -0.496 e. The van der Waals surface area contributed by atoms with Crippen LogP contribution in [0.15, 0.2) is 36.4 Å². The van der Waals surface area contributed by atoms with Crippen molar-refractivity contribution in [3.8, 4) is 5.75 Å². The molecule has 0 spiro atoms. The van der Waals surface area contributed by atoms with E-state index >= 15 is 0 Å². The van der Waals surface area contributed by atoms with Gasteiger partial charge in [0.2, 0.25) is 0 Å². The lowest BCUT2D eigenvalue weighted by atomic mass is 9.98. The van der Waals surface area contributed by atoms with E-state index in [1.807, 2.05) is 30.3 Å². The summed E-state index contributed by atoms with van der Waals surface area (Å²) in [5, 5.41) is 1.91. The molecule has 2 aromatic carbocycles. The molecule has 18 heavy (non-hydrogen) atoms. The van der Waals surface area contributed by atoms with Crippen LogP contribution in [0.2, 0.25) is 0 Å². The molecule has 2 rings (SSSR count). The molecule has 0 heterocycles. The molecule has 0 fully saturated rings. The molecule has 0 aliphatic carbocycles. The molecular weight excluding hydrogens is 236 g/mol. The van der Waals surface area contributed by atoms with Crippen molar-refractivity contribution in [2.75, 3.05) is 7.11 Å². The van der Waals surface area contributed by atoms with Gasteiger partial charge in [0.05, 0.1) is 13.2 Å². The number of fused-ring (bicyclic) bond motifs is 1. The van der Waals surface area contributed by atoms with Crippen molar-refractivity contribution < 1.29 is 13.5 Å². The average molecular weight is 251 g/mol. The van der Waals surface area contributed by atoms with Gasteiger partial charge in [0.25, 0.3) is 6.43 Å². The predicted molar refractivity (Wildman–Crippen MR) is 68.2 cm³/mol. The Balaban J connectivity index is 2.51. The number of hydrogen-bond acceptors (Lipinski definition) is 2. The lowest BCUT2D eigenvalue weighted by molar-refractivity contribution is 0.116. The van der Waals surface area contributed by atoms with Crippen LogP contribution in [0.1, 0.15) is 5.56 Å². The lowest BCUT2D eigenvalue weighted by Gasteiger charge is -2.15. The fourth-order valence-electron chi connectivity index (χ4n) is 2.04. The number of nitrogens with two attached hydrogens (primary N) is 1. The van der Waals surface area contributed by atoms with Crippen LogP contribution in [0, 0.1) is 0 Å². The van der Waals surface area contributed by atoms with E-state index in [0.29, 0.717) is 5.75 Å². The van der Waals surface area contributed by atoms with Gasteiger partial charge in [-0.1, -0.05) is 30.3 Å². The van der Waals surface area contributed by atoms with Gasteiger partial charge in [-0.05, 0) is 23.3 Å². The Hall–Kier alpha value is -1.68. The second kappa shape index (κ2) is 5.31. The highest BCUT2D eigenvalue weighted by Crippen LogP contribution is 2.29. The van der Waals surface area contributed by atoms with E-state index in [9.17, 15) is 8.78 Å². The Morgan fingerprint density at radius 1 is 1.17 bits per heavy atom. The number of ether oxygens (including phenoxy) is 1. The standard InChI is InChI=1S/C14H15F2NO/c1-18-13-7-6-9-4-2-3-5-10(9)11(13)8-12(17)14(15)16/h2-7,12,14H,8,17H2,1H3. The molecule has 0 radical (unpaired) electrons. The normalized spacial score (nSPS) is 12.9. The Morgan fingerprint density at radius 2 is 1.89 bits per heavy atom. The van der Waals surface area contributed by atoms with Crippen LogP contribution < -0.4 is 10.5 Å². The first-order valence-corrected chi connectivity index (χ1v) is 5.72. The van der Waals surface area contributed by atoms with E-state index in [1.165, 1.54) is 7.11 Å². The van der Waals surface area contributed by atoms with Gasteiger partial charge in [-0.2, -0.15) is 0 Å². The van der Waals surface area contributed by atoms with Gasteiger partial charge in [-0.15, -0.1) is 0 Å². The van der Waals surface area contributed by atoms with Crippen molar-refractivity contribution in [3.05, 3.63) is 42.0 Å². The summed E-state index contributed by atoms with van der Waals surface area (Å²) in [6, 6.07) is 10.1. The Morgan fingerprint density at radius 3 is 2.56 bits per heavy atom. The van der Waals surface area contributed by atoms with E-state index < -0.39 is 12.5 Å². The molecule has 0 aliphatic rings. The second-order valence-corrected chi connectivity index (χ2v) is 4.17. The molecule has 0 bridgehead atoms. The zero-order valence-corrected chi connectivity index (χ0v) is 10.1. The van der Waals surface area contributed by atoms with E-state index in [-0.39, 0.29) is 6.42 Å². The number of halogens is 2. The predicted octanol–water partition coefficient (Wildman–Crippen LogP) is 2.98. The largest absolute Gasteiger partial charge is 0.496 e. The van der Waals surface area contributed by atoms with Gasteiger partial charge in [0.1, 0.15) is 5.75 Å².